The van der Waals surface area contributed by atoms with Crippen LogP contribution in [0.1, 0.15) is 62.2 Å². The van der Waals surface area contributed by atoms with Crippen molar-refractivity contribution in [3.63, 3.8) is 0 Å². The van der Waals surface area contributed by atoms with Crippen LogP contribution in [-0.4, -0.2) is 49.8 Å². The van der Waals surface area contributed by atoms with Gasteiger partial charge in [0.2, 0.25) is 12.2 Å². The lowest BCUT2D eigenvalue weighted by Crippen LogP contribution is -2.25. The van der Waals surface area contributed by atoms with Crippen molar-refractivity contribution in [3.8, 4) is 17.2 Å². The van der Waals surface area contributed by atoms with E-state index in [1.807, 2.05) is 30.3 Å². The van der Waals surface area contributed by atoms with Crippen LogP contribution in [-0.2, 0) is 21.1 Å². The number of fused-ring (bicyclic) bond motifs is 1. The summed E-state index contributed by atoms with van der Waals surface area (Å²) in [6, 6.07) is 9.57. The zero-order chi connectivity index (χ0) is 21.0. The quantitative estimate of drug-likeness (QED) is 0.361. The normalized spacial score (nSPS) is 14.8. The number of nitrogens with zero attached hydrogens (tertiary/aromatic N) is 2. The molecule has 0 aliphatic carbocycles. The van der Waals surface area contributed by atoms with Gasteiger partial charge in [-0.1, -0.05) is 37.1 Å². The van der Waals surface area contributed by atoms with Crippen molar-refractivity contribution in [1.82, 2.24) is 15.3 Å². The molecule has 1 aliphatic rings. The third-order valence-electron chi connectivity index (χ3n) is 4.87. The van der Waals surface area contributed by atoms with Crippen LogP contribution in [0.4, 0.5) is 0 Å². The Kier molecular flexibility index (Phi) is 15.4. The number of hydrogen-bond acceptors (Lipinski definition) is 8. The van der Waals surface area contributed by atoms with Crippen molar-refractivity contribution in [3.05, 3.63) is 42.4 Å². The summed E-state index contributed by atoms with van der Waals surface area (Å²) in [5.41, 5.74) is 1.67. The molecule has 2 aromatic heterocycles. The molecule has 3 heterocycles. The van der Waals surface area contributed by atoms with E-state index in [-0.39, 0.29) is 49.2 Å². The largest absolute Gasteiger partial charge is 0.460 e. The number of benzene rings is 1. The summed E-state index contributed by atoms with van der Waals surface area (Å²) < 4.78 is 40.0. The molecule has 0 spiro atoms. The van der Waals surface area contributed by atoms with Crippen molar-refractivity contribution in [2.75, 3.05) is 25.2 Å². The molecule has 9 heteroatoms. The van der Waals surface area contributed by atoms with Gasteiger partial charge >= 0.3 is 0 Å². The average molecular weight is 512 g/mol. The van der Waals surface area contributed by atoms with E-state index in [0.29, 0.717) is 31.3 Å². The van der Waals surface area contributed by atoms with Gasteiger partial charge in [-0.2, -0.15) is 0 Å². The molecule has 0 radical (unpaired) electrons. The standard InChI is InChI=1S/C21H25N3O5S.5CH4/c1-30(25,26)11-9-22-13-16-6-8-19(28-16)15-5-7-18-17(12-15)21(24-14-23-18)29-20-4-2-3-10-27-20;;;;;/h5-8,12,14,20,22H,2-4,9-11,13H2,1H3;5*1H4. The van der Waals surface area contributed by atoms with Gasteiger partial charge in [-0.25, -0.2) is 18.4 Å². The monoisotopic (exact) mass is 511 g/mol. The van der Waals surface area contributed by atoms with Crippen LogP contribution < -0.4 is 10.1 Å². The maximum absolute atomic E-state index is 11.2. The number of aromatic nitrogens is 2. The Morgan fingerprint density at radius 1 is 1.06 bits per heavy atom. The fraction of sp³-hybridized carbons (Fsp3) is 0.538. The van der Waals surface area contributed by atoms with Gasteiger partial charge in [0.1, 0.15) is 27.7 Å². The average Bonchev–Trinajstić information content (AvgIpc) is 3.20. The predicted molar refractivity (Wildman–Crippen MR) is 147 cm³/mol. The van der Waals surface area contributed by atoms with Gasteiger partial charge in [0.15, 0.2) is 0 Å². The molecular weight excluding hydrogens is 466 g/mol. The summed E-state index contributed by atoms with van der Waals surface area (Å²) in [4.78, 5) is 8.63. The number of rotatable bonds is 8. The molecule has 0 bridgehead atoms. The van der Waals surface area contributed by atoms with Crippen molar-refractivity contribution in [2.24, 2.45) is 0 Å². The predicted octanol–water partition coefficient (Wildman–Crippen LogP) is 6.11. The van der Waals surface area contributed by atoms with Crippen LogP contribution >= 0.6 is 0 Å². The Morgan fingerprint density at radius 3 is 2.51 bits per heavy atom. The first-order valence-electron chi connectivity index (χ1n) is 9.98. The molecular formula is C26H45N3O5S. The van der Waals surface area contributed by atoms with Crippen LogP contribution in [0.3, 0.4) is 0 Å². The number of nitrogens with one attached hydrogen (secondary N) is 1. The highest BCUT2D eigenvalue weighted by Crippen LogP contribution is 2.30. The van der Waals surface area contributed by atoms with E-state index in [0.717, 1.165) is 41.5 Å². The molecule has 1 aliphatic heterocycles. The zero-order valence-corrected chi connectivity index (χ0v) is 17.7. The molecule has 1 N–H and O–H groups in total. The molecule has 200 valence electrons. The van der Waals surface area contributed by atoms with Gasteiger partial charge in [-0.15, -0.1) is 0 Å². The fourth-order valence-electron chi connectivity index (χ4n) is 3.31. The molecule has 8 nitrogen and oxygen atoms in total. The lowest BCUT2D eigenvalue weighted by atomic mass is 10.1. The molecule has 1 atom stereocenters. The second-order valence-corrected chi connectivity index (χ2v) is 9.66. The van der Waals surface area contributed by atoms with Crippen molar-refractivity contribution in [2.45, 2.75) is 69.2 Å². The molecule has 35 heavy (non-hydrogen) atoms. The molecule has 1 aromatic carbocycles. The summed E-state index contributed by atoms with van der Waals surface area (Å²) in [5, 5.41) is 3.88. The van der Waals surface area contributed by atoms with Crippen molar-refractivity contribution < 1.29 is 22.3 Å². The van der Waals surface area contributed by atoms with Crippen molar-refractivity contribution >= 4 is 20.7 Å². The second kappa shape index (κ2) is 15.5. The minimum Gasteiger partial charge on any atom is -0.460 e. The molecule has 0 saturated carbocycles. The first-order chi connectivity index (χ1) is 14.5. The highest BCUT2D eigenvalue weighted by molar-refractivity contribution is 7.90. The van der Waals surface area contributed by atoms with E-state index in [2.05, 4.69) is 15.3 Å². The minimum absolute atomic E-state index is 0. The molecule has 4 rings (SSSR count). The first kappa shape index (κ1) is 34.7. The van der Waals surface area contributed by atoms with Crippen LogP contribution in [0.5, 0.6) is 5.88 Å². The molecule has 3 aromatic rings. The summed E-state index contributed by atoms with van der Waals surface area (Å²) in [7, 11) is -2.98. The summed E-state index contributed by atoms with van der Waals surface area (Å²) in [5.74, 6) is 2.04. The summed E-state index contributed by atoms with van der Waals surface area (Å²) in [6.07, 6.45) is 5.41. The van der Waals surface area contributed by atoms with E-state index in [1.165, 1.54) is 12.6 Å². The Bertz CT molecular complexity index is 1110. The van der Waals surface area contributed by atoms with E-state index >= 15 is 0 Å². The maximum Gasteiger partial charge on any atom is 0.226 e. The molecule has 1 unspecified atom stereocenters. The SMILES string of the molecule is C.C.C.C.C.CS(=O)(=O)CCNCc1ccc(-c2ccc3ncnc(OC4CCCCO4)c3c2)o1. The number of sulfone groups is 1. The van der Waals surface area contributed by atoms with Crippen LogP contribution in [0, 0.1) is 0 Å². The Morgan fingerprint density at radius 2 is 1.83 bits per heavy atom. The van der Waals surface area contributed by atoms with Crippen LogP contribution in [0.25, 0.3) is 22.2 Å². The van der Waals surface area contributed by atoms with Crippen LogP contribution in [0.15, 0.2) is 41.1 Å². The summed E-state index contributed by atoms with van der Waals surface area (Å²) in [6.45, 7) is 1.54. The zero-order valence-electron chi connectivity index (χ0n) is 16.8. The Hall–Kier alpha value is -2.49. The van der Waals surface area contributed by atoms with Gasteiger partial charge < -0.3 is 19.2 Å². The Labute approximate surface area is 212 Å². The van der Waals surface area contributed by atoms with E-state index < -0.39 is 9.84 Å². The molecule has 1 fully saturated rings. The third kappa shape index (κ3) is 9.58. The van der Waals surface area contributed by atoms with Crippen LogP contribution in [0.2, 0.25) is 0 Å². The highest BCUT2D eigenvalue weighted by Gasteiger charge is 2.18. The first-order valence-corrected chi connectivity index (χ1v) is 12.0. The number of furan rings is 1. The second-order valence-electron chi connectivity index (χ2n) is 7.40. The number of ether oxygens (including phenoxy) is 2. The molecule has 1 saturated heterocycles. The molecule has 0 amide bonds. The fourth-order valence-corrected chi connectivity index (χ4v) is 3.82. The maximum atomic E-state index is 11.2. The van der Waals surface area contributed by atoms with Gasteiger partial charge in [0.25, 0.3) is 0 Å². The summed E-state index contributed by atoms with van der Waals surface area (Å²) >= 11 is 0. The highest BCUT2D eigenvalue weighted by atomic mass is 32.2. The van der Waals surface area contributed by atoms with Gasteiger partial charge in [0, 0.05) is 24.8 Å². The Balaban J connectivity index is 0. The van der Waals surface area contributed by atoms with E-state index in [4.69, 9.17) is 13.9 Å². The van der Waals surface area contributed by atoms with Gasteiger partial charge in [-0.3, -0.25) is 0 Å². The third-order valence-corrected chi connectivity index (χ3v) is 5.82. The lowest BCUT2D eigenvalue weighted by Gasteiger charge is -2.23. The van der Waals surface area contributed by atoms with Gasteiger partial charge in [-0.05, 0) is 43.2 Å². The topological polar surface area (TPSA) is 104 Å². The lowest BCUT2D eigenvalue weighted by molar-refractivity contribution is -0.107. The van der Waals surface area contributed by atoms with E-state index in [9.17, 15) is 8.42 Å². The smallest absolute Gasteiger partial charge is 0.226 e. The van der Waals surface area contributed by atoms with E-state index in [1.54, 1.807) is 0 Å². The number of hydrogen-bond donors (Lipinski definition) is 1. The minimum atomic E-state index is -2.98. The van der Waals surface area contributed by atoms with Crippen molar-refractivity contribution in [1.29, 1.82) is 0 Å². The van der Waals surface area contributed by atoms with Gasteiger partial charge in [0.05, 0.1) is 29.8 Å².